The van der Waals surface area contributed by atoms with Crippen LogP contribution in [0.25, 0.3) is 15.6 Å². The van der Waals surface area contributed by atoms with E-state index in [1.165, 1.54) is 25.3 Å². The Morgan fingerprint density at radius 3 is 2.73 bits per heavy atom. The average Bonchev–Trinajstić information content (AvgIpc) is 3.01. The first-order chi connectivity index (χ1) is 21.8. The number of carbonyl (C=O) groups is 1. The van der Waals surface area contributed by atoms with Crippen molar-refractivity contribution >= 4 is 39.8 Å². The van der Waals surface area contributed by atoms with Crippen molar-refractivity contribution in [1.82, 2.24) is 19.8 Å². The van der Waals surface area contributed by atoms with Gasteiger partial charge in [0.15, 0.2) is 0 Å². The Morgan fingerprint density at radius 2 is 2.00 bits per heavy atom. The molecule has 3 heterocycles. The second kappa shape index (κ2) is 13.6. The highest BCUT2D eigenvalue weighted by atomic mass is 35.5. The van der Waals surface area contributed by atoms with E-state index in [2.05, 4.69) is 64.4 Å². The van der Waals surface area contributed by atoms with E-state index in [4.69, 9.17) is 32.9 Å². The smallest absolute Gasteiger partial charge is 0.318 e. The monoisotopic (exact) mass is 627 g/mol. The molecule has 45 heavy (non-hydrogen) atoms. The minimum atomic E-state index is -0.242. The third-order valence-corrected chi connectivity index (χ3v) is 9.72. The molecule has 0 N–H and O–H groups in total. The highest BCUT2D eigenvalue weighted by Gasteiger charge is 2.35. The van der Waals surface area contributed by atoms with Crippen molar-refractivity contribution in [3.05, 3.63) is 76.8 Å². The quantitative estimate of drug-likeness (QED) is 0.218. The van der Waals surface area contributed by atoms with Gasteiger partial charge in [0.25, 0.3) is 0 Å². The Hall–Kier alpha value is -3.87. The summed E-state index contributed by atoms with van der Waals surface area (Å²) in [5, 5.41) is 2.89. The molecular weight excluding hydrogens is 586 g/mol. The number of hydrogen-bond acceptors (Lipinski definition) is 7. The van der Waals surface area contributed by atoms with Crippen LogP contribution in [0.2, 0.25) is 5.02 Å². The number of nitrogens with zero attached hydrogens (tertiary/aromatic N) is 7. The average molecular weight is 628 g/mol. The Bertz CT molecular complexity index is 1600. The van der Waals surface area contributed by atoms with E-state index in [0.717, 1.165) is 70.5 Å². The molecule has 1 saturated heterocycles. The summed E-state index contributed by atoms with van der Waals surface area (Å²) in [7, 11) is 2.16. The third-order valence-electron chi connectivity index (χ3n) is 9.41. The first kappa shape index (κ1) is 31.1. The highest BCUT2D eigenvalue weighted by molar-refractivity contribution is 6.36. The molecule has 1 aliphatic carbocycles. The maximum absolute atomic E-state index is 12.6. The van der Waals surface area contributed by atoms with Crippen LogP contribution in [0, 0.1) is 12.5 Å². The molecule has 0 spiro atoms. The number of benzene rings is 2. The molecule has 1 saturated carbocycles. The minimum Gasteiger partial charge on any atom is -0.459 e. The van der Waals surface area contributed by atoms with Crippen LogP contribution < -0.4 is 14.5 Å². The molecule has 2 atom stereocenters. The van der Waals surface area contributed by atoms with E-state index in [1.54, 1.807) is 4.90 Å². The van der Waals surface area contributed by atoms with E-state index in [1.807, 2.05) is 12.1 Å². The Morgan fingerprint density at radius 1 is 1.20 bits per heavy atom. The predicted molar refractivity (Wildman–Crippen MR) is 180 cm³/mol. The molecule has 0 radical (unpaired) electrons. The summed E-state index contributed by atoms with van der Waals surface area (Å²) < 4.78 is 6.44. The van der Waals surface area contributed by atoms with Crippen LogP contribution in [0.1, 0.15) is 37.4 Å². The summed E-state index contributed by atoms with van der Waals surface area (Å²) in [6, 6.07) is 12.4. The molecule has 0 bridgehead atoms. The fraction of sp³-hybridized carbons (Fsp3) is 0.486. The molecule has 2 fully saturated rings. The van der Waals surface area contributed by atoms with Crippen LogP contribution in [-0.2, 0) is 17.8 Å². The van der Waals surface area contributed by atoms with Crippen molar-refractivity contribution < 1.29 is 9.53 Å². The van der Waals surface area contributed by atoms with Crippen LogP contribution in [0.15, 0.2) is 49.1 Å². The lowest BCUT2D eigenvalue weighted by molar-refractivity contribution is -0.128. The highest BCUT2D eigenvalue weighted by Crippen LogP contribution is 2.37. The molecule has 6 rings (SSSR count). The van der Waals surface area contributed by atoms with Crippen molar-refractivity contribution in [3.8, 4) is 6.01 Å². The maximum Gasteiger partial charge on any atom is 0.318 e. The van der Waals surface area contributed by atoms with E-state index in [0.29, 0.717) is 32.2 Å². The number of likely N-dealkylation sites (N-methyl/N-ethyl adjacent to an activating group) is 1. The number of fused-ring (bicyclic) bond motifs is 2. The van der Waals surface area contributed by atoms with Crippen LogP contribution in [0.4, 0.5) is 11.5 Å². The standard InChI is InChI=1S/C35H42ClN7O2/c1-5-32(44)43-18-17-42(22-27(43)19-37-3)34-28-15-16-41(31-14-8-12-26-11-7-13-29(36)33(26)31)23-30(28)38-35(39-34)45-24(2)20-40(4)21-25-9-6-10-25/h5,7-8,11-14,24-25,27H,1,6,9-10,15-23H2,2,4H3/t24-,27-/m0/s1. The number of rotatable bonds is 10. The SMILES string of the molecule is [C-]#[N+]C[C@H]1CN(c2nc(O[C@@H](C)CN(C)CC3CCC3)nc3c2CCN(c2cccc4cccc(Cl)c24)C3)CCN1C(=O)C=C. The second-order valence-electron chi connectivity index (χ2n) is 12.7. The van der Waals surface area contributed by atoms with Gasteiger partial charge < -0.3 is 29.2 Å². The molecule has 10 heteroatoms. The van der Waals surface area contributed by atoms with Gasteiger partial charge in [-0.05, 0) is 62.7 Å². The normalized spacial score (nSPS) is 19.2. The van der Waals surface area contributed by atoms with Gasteiger partial charge in [-0.3, -0.25) is 4.79 Å². The molecule has 3 aliphatic rings. The van der Waals surface area contributed by atoms with E-state index >= 15 is 0 Å². The first-order valence-corrected chi connectivity index (χ1v) is 16.4. The lowest BCUT2D eigenvalue weighted by atomic mass is 9.85. The van der Waals surface area contributed by atoms with Crippen molar-refractivity contribution in [2.75, 3.05) is 62.7 Å². The Labute approximate surface area is 271 Å². The fourth-order valence-corrected chi connectivity index (χ4v) is 7.29. The molecule has 1 amide bonds. The third kappa shape index (κ3) is 6.73. The topological polar surface area (TPSA) is 69.4 Å². The molecule has 0 unspecified atom stereocenters. The number of amides is 1. The predicted octanol–water partition coefficient (Wildman–Crippen LogP) is 5.47. The second-order valence-corrected chi connectivity index (χ2v) is 13.1. The lowest BCUT2D eigenvalue weighted by Crippen LogP contribution is -2.56. The number of ether oxygens (including phenoxy) is 1. The maximum atomic E-state index is 12.6. The summed E-state index contributed by atoms with van der Waals surface area (Å²) in [5.41, 5.74) is 3.13. The van der Waals surface area contributed by atoms with Crippen molar-refractivity contribution in [2.45, 2.75) is 51.3 Å². The van der Waals surface area contributed by atoms with Gasteiger partial charge in [0.1, 0.15) is 18.0 Å². The summed E-state index contributed by atoms with van der Waals surface area (Å²) >= 11 is 6.72. The van der Waals surface area contributed by atoms with Gasteiger partial charge in [-0.15, -0.1) is 0 Å². The molecule has 2 aromatic carbocycles. The molecular formula is C35H42ClN7O2. The Balaban J connectivity index is 1.31. The zero-order valence-electron chi connectivity index (χ0n) is 26.3. The van der Waals surface area contributed by atoms with Gasteiger partial charge in [-0.25, -0.2) is 6.57 Å². The van der Waals surface area contributed by atoms with E-state index in [-0.39, 0.29) is 24.6 Å². The lowest BCUT2D eigenvalue weighted by Gasteiger charge is -2.41. The zero-order valence-corrected chi connectivity index (χ0v) is 27.0. The summed E-state index contributed by atoms with van der Waals surface area (Å²) in [5.74, 6) is 1.50. The molecule has 236 valence electrons. The van der Waals surface area contributed by atoms with Crippen molar-refractivity contribution in [2.24, 2.45) is 5.92 Å². The summed E-state index contributed by atoms with van der Waals surface area (Å²) in [6.07, 6.45) is 5.97. The fourth-order valence-electron chi connectivity index (χ4n) is 7.01. The zero-order chi connectivity index (χ0) is 31.5. The van der Waals surface area contributed by atoms with Gasteiger partial charge >= 0.3 is 6.01 Å². The van der Waals surface area contributed by atoms with Crippen LogP contribution in [0.3, 0.4) is 0 Å². The first-order valence-electron chi connectivity index (χ1n) is 16.0. The molecule has 3 aromatic rings. The summed E-state index contributed by atoms with van der Waals surface area (Å²) in [6.45, 7) is 18.4. The van der Waals surface area contributed by atoms with E-state index in [9.17, 15) is 4.79 Å². The van der Waals surface area contributed by atoms with Gasteiger partial charge in [0.05, 0.1) is 17.3 Å². The molecule has 2 aliphatic heterocycles. The van der Waals surface area contributed by atoms with Gasteiger partial charge in [-0.2, -0.15) is 9.97 Å². The molecule has 9 nitrogen and oxygen atoms in total. The van der Waals surface area contributed by atoms with Crippen molar-refractivity contribution in [3.63, 3.8) is 0 Å². The minimum absolute atomic E-state index is 0.0885. The number of anilines is 2. The van der Waals surface area contributed by atoms with E-state index < -0.39 is 0 Å². The number of piperazine rings is 1. The van der Waals surface area contributed by atoms with Crippen LogP contribution >= 0.6 is 11.6 Å². The largest absolute Gasteiger partial charge is 0.459 e. The van der Waals surface area contributed by atoms with Gasteiger partial charge in [0.2, 0.25) is 12.5 Å². The number of halogens is 1. The van der Waals surface area contributed by atoms with Gasteiger partial charge in [-0.1, -0.05) is 48.9 Å². The number of carbonyl (C=O) groups excluding carboxylic acids is 1. The summed E-state index contributed by atoms with van der Waals surface area (Å²) in [4.78, 5) is 35.0. The Kier molecular flexibility index (Phi) is 9.43. The van der Waals surface area contributed by atoms with Gasteiger partial charge in [0, 0.05) is 55.9 Å². The number of aromatic nitrogens is 2. The van der Waals surface area contributed by atoms with Crippen LogP contribution in [0.5, 0.6) is 6.01 Å². The van der Waals surface area contributed by atoms with Crippen molar-refractivity contribution in [1.29, 1.82) is 0 Å². The van der Waals surface area contributed by atoms with Crippen LogP contribution in [-0.4, -0.2) is 90.7 Å². The molecule has 1 aromatic heterocycles. The number of hydrogen-bond donors (Lipinski definition) is 0.